The Morgan fingerprint density at radius 3 is 2.81 bits per heavy atom. The van der Waals surface area contributed by atoms with Crippen molar-refractivity contribution in [3.8, 4) is 0 Å². The van der Waals surface area contributed by atoms with Crippen molar-refractivity contribution in [2.75, 3.05) is 18.5 Å². The van der Waals surface area contributed by atoms with E-state index in [0.29, 0.717) is 22.7 Å². The van der Waals surface area contributed by atoms with Crippen LogP contribution in [0.5, 0.6) is 0 Å². The molecule has 4 heterocycles. The summed E-state index contributed by atoms with van der Waals surface area (Å²) < 4.78 is 7.47. The molecular formula is C24H28N4O2S. The normalized spacial score (nSPS) is 15.1. The van der Waals surface area contributed by atoms with Crippen molar-refractivity contribution < 1.29 is 9.53 Å². The van der Waals surface area contributed by atoms with Gasteiger partial charge in [0.05, 0.1) is 11.4 Å². The minimum atomic E-state index is -0.132. The molecule has 0 saturated carbocycles. The van der Waals surface area contributed by atoms with Crippen LogP contribution in [0, 0.1) is 5.92 Å². The van der Waals surface area contributed by atoms with Gasteiger partial charge in [-0.05, 0) is 60.6 Å². The number of nitrogens with one attached hydrogen (secondary N) is 1. The predicted octanol–water partition coefficient (Wildman–Crippen LogP) is 5.31. The highest BCUT2D eigenvalue weighted by atomic mass is 32.1. The smallest absolute Gasteiger partial charge is 0.274 e. The number of anilines is 1. The molecule has 1 amide bonds. The lowest BCUT2D eigenvalue weighted by atomic mass is 10.0. The predicted molar refractivity (Wildman–Crippen MR) is 125 cm³/mol. The van der Waals surface area contributed by atoms with Gasteiger partial charge in [-0.1, -0.05) is 19.9 Å². The molecule has 1 saturated heterocycles. The maximum absolute atomic E-state index is 12.8. The molecule has 0 radical (unpaired) electrons. The van der Waals surface area contributed by atoms with E-state index in [-0.39, 0.29) is 5.91 Å². The average Bonchev–Trinajstić information content (AvgIpc) is 3.42. The molecule has 0 bridgehead atoms. The van der Waals surface area contributed by atoms with E-state index in [1.807, 2.05) is 52.7 Å². The quantitative estimate of drug-likeness (QED) is 0.545. The largest absolute Gasteiger partial charge is 0.381 e. The fraction of sp³-hybridized carbons (Fsp3) is 0.375. The SMILES string of the molecule is CC(C)c1ccc(/C=C/c2csc(NC(=O)c3cccn3CC3CCOCC3)n2)nc1. The zero-order valence-corrected chi connectivity index (χ0v) is 18.8. The van der Waals surface area contributed by atoms with Gasteiger partial charge in [0.2, 0.25) is 0 Å². The molecule has 1 N–H and O–H groups in total. The first kappa shape index (κ1) is 21.5. The van der Waals surface area contributed by atoms with Crippen molar-refractivity contribution in [2.24, 2.45) is 5.92 Å². The van der Waals surface area contributed by atoms with E-state index in [1.54, 1.807) is 0 Å². The van der Waals surface area contributed by atoms with Crippen molar-refractivity contribution in [1.82, 2.24) is 14.5 Å². The standard InChI is InChI=1S/C24H28N4O2S/c1-17(2)19-5-6-20(25-14-19)7-8-21-16-31-24(26-21)27-23(29)22-4-3-11-28(22)15-18-9-12-30-13-10-18/h3-8,11,14,16-18H,9-10,12-13,15H2,1-2H3,(H,26,27,29)/b8-7+. The van der Waals surface area contributed by atoms with E-state index >= 15 is 0 Å². The highest BCUT2D eigenvalue weighted by Crippen LogP contribution is 2.21. The lowest BCUT2D eigenvalue weighted by molar-refractivity contribution is 0.0610. The first-order valence-corrected chi connectivity index (χ1v) is 11.6. The van der Waals surface area contributed by atoms with Gasteiger partial charge in [0.15, 0.2) is 5.13 Å². The summed E-state index contributed by atoms with van der Waals surface area (Å²) in [4.78, 5) is 21.8. The molecule has 0 spiro atoms. The third-order valence-corrected chi connectivity index (χ3v) is 6.28. The summed E-state index contributed by atoms with van der Waals surface area (Å²) in [5.41, 5.74) is 3.56. The average molecular weight is 437 g/mol. The Balaban J connectivity index is 1.36. The van der Waals surface area contributed by atoms with Gasteiger partial charge in [-0.25, -0.2) is 4.98 Å². The van der Waals surface area contributed by atoms with Gasteiger partial charge >= 0.3 is 0 Å². The van der Waals surface area contributed by atoms with Crippen LogP contribution in [0.2, 0.25) is 0 Å². The van der Waals surface area contributed by atoms with Crippen LogP contribution in [0.25, 0.3) is 12.2 Å². The van der Waals surface area contributed by atoms with Crippen LogP contribution in [0.1, 0.15) is 60.0 Å². The van der Waals surface area contributed by atoms with Gasteiger partial charge < -0.3 is 9.30 Å². The molecule has 7 heteroatoms. The van der Waals surface area contributed by atoms with Crippen molar-refractivity contribution in [3.05, 3.63) is 64.7 Å². The molecule has 0 aliphatic carbocycles. The van der Waals surface area contributed by atoms with E-state index in [1.165, 1.54) is 16.9 Å². The zero-order valence-electron chi connectivity index (χ0n) is 18.0. The molecular weight excluding hydrogens is 408 g/mol. The Morgan fingerprint density at radius 1 is 1.26 bits per heavy atom. The summed E-state index contributed by atoms with van der Waals surface area (Å²) in [7, 11) is 0. The number of hydrogen-bond acceptors (Lipinski definition) is 5. The molecule has 162 valence electrons. The lowest BCUT2D eigenvalue weighted by Crippen LogP contribution is -2.23. The number of thiazole rings is 1. The lowest BCUT2D eigenvalue weighted by Gasteiger charge is -2.23. The van der Waals surface area contributed by atoms with E-state index < -0.39 is 0 Å². The Kier molecular flexibility index (Phi) is 6.94. The van der Waals surface area contributed by atoms with Crippen LogP contribution in [0.4, 0.5) is 5.13 Å². The number of hydrogen-bond donors (Lipinski definition) is 1. The number of pyridine rings is 1. The maximum atomic E-state index is 12.8. The summed E-state index contributed by atoms with van der Waals surface area (Å²) in [6, 6.07) is 7.88. The van der Waals surface area contributed by atoms with Crippen LogP contribution in [-0.2, 0) is 11.3 Å². The van der Waals surface area contributed by atoms with Crippen LogP contribution in [-0.4, -0.2) is 33.7 Å². The molecule has 0 atom stereocenters. The monoisotopic (exact) mass is 436 g/mol. The van der Waals surface area contributed by atoms with E-state index in [2.05, 4.69) is 35.2 Å². The molecule has 4 rings (SSSR count). The number of rotatable bonds is 7. The third-order valence-electron chi connectivity index (χ3n) is 5.50. The van der Waals surface area contributed by atoms with Gasteiger partial charge in [-0.3, -0.25) is 15.1 Å². The minimum Gasteiger partial charge on any atom is -0.381 e. The van der Waals surface area contributed by atoms with Gasteiger partial charge in [-0.2, -0.15) is 0 Å². The minimum absolute atomic E-state index is 0.132. The topological polar surface area (TPSA) is 69.0 Å². The summed E-state index contributed by atoms with van der Waals surface area (Å²) in [6.45, 7) is 6.76. The summed E-state index contributed by atoms with van der Waals surface area (Å²) >= 11 is 1.42. The molecule has 1 aliphatic heterocycles. The van der Waals surface area contributed by atoms with Crippen molar-refractivity contribution in [2.45, 2.75) is 39.2 Å². The second-order valence-electron chi connectivity index (χ2n) is 8.14. The number of amides is 1. The number of carbonyl (C=O) groups excluding carboxylic acids is 1. The number of aromatic nitrogens is 3. The highest BCUT2D eigenvalue weighted by molar-refractivity contribution is 7.14. The van der Waals surface area contributed by atoms with Crippen LogP contribution in [0.3, 0.4) is 0 Å². The van der Waals surface area contributed by atoms with E-state index in [0.717, 1.165) is 44.0 Å². The van der Waals surface area contributed by atoms with Crippen molar-refractivity contribution in [1.29, 1.82) is 0 Å². The third kappa shape index (κ3) is 5.68. The Bertz CT molecular complexity index is 1030. The molecule has 3 aromatic heterocycles. The van der Waals surface area contributed by atoms with Gasteiger partial charge in [0.25, 0.3) is 5.91 Å². The van der Waals surface area contributed by atoms with Crippen molar-refractivity contribution >= 4 is 34.5 Å². The van der Waals surface area contributed by atoms with E-state index in [9.17, 15) is 4.79 Å². The molecule has 31 heavy (non-hydrogen) atoms. The second kappa shape index (κ2) is 10.0. The number of carbonyl (C=O) groups is 1. The van der Waals surface area contributed by atoms with Gasteiger partial charge in [-0.15, -0.1) is 11.3 Å². The van der Waals surface area contributed by atoms with Crippen LogP contribution >= 0.6 is 11.3 Å². The highest BCUT2D eigenvalue weighted by Gasteiger charge is 2.18. The summed E-state index contributed by atoms with van der Waals surface area (Å²) in [6.07, 6.45) is 9.80. The fourth-order valence-corrected chi connectivity index (χ4v) is 4.27. The summed E-state index contributed by atoms with van der Waals surface area (Å²) in [5, 5.41) is 5.45. The zero-order chi connectivity index (χ0) is 21.6. The summed E-state index contributed by atoms with van der Waals surface area (Å²) in [5.74, 6) is 0.883. The Morgan fingerprint density at radius 2 is 2.06 bits per heavy atom. The second-order valence-corrected chi connectivity index (χ2v) is 9.00. The first-order valence-electron chi connectivity index (χ1n) is 10.7. The fourth-order valence-electron chi connectivity index (χ4n) is 3.60. The number of nitrogens with zero attached hydrogens (tertiary/aromatic N) is 3. The van der Waals surface area contributed by atoms with Crippen LogP contribution in [0.15, 0.2) is 42.0 Å². The number of ether oxygens (including phenoxy) is 1. The van der Waals surface area contributed by atoms with Gasteiger partial charge in [0, 0.05) is 37.5 Å². The van der Waals surface area contributed by atoms with Crippen LogP contribution < -0.4 is 5.32 Å². The van der Waals surface area contributed by atoms with Crippen molar-refractivity contribution in [3.63, 3.8) is 0 Å². The van der Waals surface area contributed by atoms with Gasteiger partial charge in [0.1, 0.15) is 5.69 Å². The molecule has 1 aliphatic rings. The maximum Gasteiger partial charge on any atom is 0.274 e. The molecule has 0 aromatic carbocycles. The Labute approximate surface area is 187 Å². The molecule has 3 aromatic rings. The van der Waals surface area contributed by atoms with E-state index in [4.69, 9.17) is 4.74 Å². The molecule has 6 nitrogen and oxygen atoms in total. The Hall–Kier alpha value is -2.77. The molecule has 1 fully saturated rings. The molecule has 0 unspecified atom stereocenters. The first-order chi connectivity index (χ1) is 15.1.